The van der Waals surface area contributed by atoms with Crippen molar-refractivity contribution in [3.63, 3.8) is 0 Å². The molecule has 0 unspecified atom stereocenters. The van der Waals surface area contributed by atoms with Gasteiger partial charge in [0.1, 0.15) is 5.82 Å². The molecule has 0 saturated carbocycles. The van der Waals surface area contributed by atoms with Crippen molar-refractivity contribution in [1.82, 2.24) is 4.98 Å². The van der Waals surface area contributed by atoms with Crippen molar-refractivity contribution in [2.24, 2.45) is 5.92 Å². The van der Waals surface area contributed by atoms with Crippen LogP contribution in [0.15, 0.2) is 30.3 Å². The van der Waals surface area contributed by atoms with E-state index in [9.17, 15) is 4.79 Å². The zero-order valence-electron chi connectivity index (χ0n) is 17.4. The van der Waals surface area contributed by atoms with Gasteiger partial charge in [-0.2, -0.15) is 0 Å². The largest absolute Gasteiger partial charge is 0.462 e. The number of hydrogen-bond donors (Lipinski definition) is 2. The van der Waals surface area contributed by atoms with Gasteiger partial charge in [0.25, 0.3) is 0 Å². The van der Waals surface area contributed by atoms with Crippen LogP contribution in [0, 0.1) is 25.2 Å². The fraction of sp³-hybridized carbons (Fsp3) is 0.409. The van der Waals surface area contributed by atoms with Gasteiger partial charge in [0.2, 0.25) is 0 Å². The summed E-state index contributed by atoms with van der Waals surface area (Å²) in [6, 6.07) is 9.58. The van der Waals surface area contributed by atoms with Crippen LogP contribution in [-0.2, 0) is 4.74 Å². The van der Waals surface area contributed by atoms with Gasteiger partial charge in [-0.15, -0.1) is 0 Å². The Hall–Kier alpha value is -2.69. The SMILES string of the molecule is CC.CCOC(=O)c1cc(C)nc(Nc2cccc(C)c2)c1C(=N)C(C)C. The summed E-state index contributed by atoms with van der Waals surface area (Å²) >= 11 is 0. The van der Waals surface area contributed by atoms with Crippen molar-refractivity contribution in [2.45, 2.75) is 48.5 Å². The lowest BCUT2D eigenvalue weighted by molar-refractivity contribution is 0.0526. The molecule has 5 nitrogen and oxygen atoms in total. The summed E-state index contributed by atoms with van der Waals surface area (Å²) in [7, 11) is 0. The molecule has 1 aromatic carbocycles. The van der Waals surface area contributed by atoms with Crippen LogP contribution in [0.25, 0.3) is 0 Å². The number of carbonyl (C=O) groups excluding carboxylic acids is 1. The highest BCUT2D eigenvalue weighted by Crippen LogP contribution is 2.27. The zero-order valence-corrected chi connectivity index (χ0v) is 17.4. The number of esters is 1. The Bertz CT molecular complexity index is 798. The first-order valence-corrected chi connectivity index (χ1v) is 9.44. The molecule has 0 aliphatic rings. The van der Waals surface area contributed by atoms with Gasteiger partial charge >= 0.3 is 5.97 Å². The number of aryl methyl sites for hydroxylation is 2. The van der Waals surface area contributed by atoms with E-state index in [4.69, 9.17) is 10.1 Å². The normalized spacial score (nSPS) is 10.1. The number of benzene rings is 1. The van der Waals surface area contributed by atoms with Crippen LogP contribution in [-0.4, -0.2) is 23.3 Å². The van der Waals surface area contributed by atoms with E-state index in [1.54, 1.807) is 13.0 Å². The van der Waals surface area contributed by atoms with Gasteiger partial charge in [-0.3, -0.25) is 0 Å². The maximum atomic E-state index is 12.4. The second-order valence-corrected chi connectivity index (χ2v) is 6.32. The lowest BCUT2D eigenvalue weighted by Gasteiger charge is -2.18. The van der Waals surface area contributed by atoms with E-state index in [0.717, 1.165) is 11.3 Å². The number of nitrogens with one attached hydrogen (secondary N) is 2. The first kappa shape index (κ1) is 22.4. The highest BCUT2D eigenvalue weighted by atomic mass is 16.5. The third-order valence-corrected chi connectivity index (χ3v) is 3.77. The van der Waals surface area contributed by atoms with Crippen LogP contribution in [0.1, 0.15) is 61.8 Å². The first-order chi connectivity index (χ1) is 12.8. The van der Waals surface area contributed by atoms with E-state index in [2.05, 4.69) is 10.3 Å². The van der Waals surface area contributed by atoms with Crippen LogP contribution in [0.4, 0.5) is 11.5 Å². The molecular formula is C22H31N3O2. The molecule has 0 radical (unpaired) electrons. The summed E-state index contributed by atoms with van der Waals surface area (Å²) in [5.41, 5.74) is 3.91. The predicted molar refractivity (Wildman–Crippen MR) is 112 cm³/mol. The average molecular weight is 370 g/mol. The van der Waals surface area contributed by atoms with Crippen LogP contribution < -0.4 is 5.32 Å². The summed E-state index contributed by atoms with van der Waals surface area (Å²) in [5, 5.41) is 11.8. The molecule has 2 rings (SSSR count). The van der Waals surface area contributed by atoms with Crippen molar-refractivity contribution in [2.75, 3.05) is 11.9 Å². The fourth-order valence-electron chi connectivity index (χ4n) is 2.55. The Morgan fingerprint density at radius 2 is 1.89 bits per heavy atom. The van der Waals surface area contributed by atoms with Crippen molar-refractivity contribution in [1.29, 1.82) is 5.41 Å². The summed E-state index contributed by atoms with van der Waals surface area (Å²) < 4.78 is 5.19. The maximum Gasteiger partial charge on any atom is 0.338 e. The second kappa shape index (κ2) is 10.5. The minimum Gasteiger partial charge on any atom is -0.462 e. The highest BCUT2D eigenvalue weighted by Gasteiger charge is 2.23. The number of ether oxygens (including phenoxy) is 1. The topological polar surface area (TPSA) is 75.1 Å². The molecule has 0 atom stereocenters. The molecule has 2 N–H and O–H groups in total. The molecule has 27 heavy (non-hydrogen) atoms. The maximum absolute atomic E-state index is 12.4. The summed E-state index contributed by atoms with van der Waals surface area (Å²) in [6.07, 6.45) is 0. The zero-order chi connectivity index (χ0) is 20.6. The third-order valence-electron chi connectivity index (χ3n) is 3.77. The van der Waals surface area contributed by atoms with E-state index in [-0.39, 0.29) is 12.5 Å². The van der Waals surface area contributed by atoms with Crippen molar-refractivity contribution < 1.29 is 9.53 Å². The minimum absolute atomic E-state index is 0.0456. The Kier molecular flexibility index (Phi) is 8.66. The van der Waals surface area contributed by atoms with Gasteiger partial charge in [-0.25, -0.2) is 9.78 Å². The fourth-order valence-corrected chi connectivity index (χ4v) is 2.55. The van der Waals surface area contributed by atoms with Crippen LogP contribution >= 0.6 is 0 Å². The molecule has 0 aliphatic carbocycles. The average Bonchev–Trinajstić information content (AvgIpc) is 2.62. The molecule has 0 fully saturated rings. The van der Waals surface area contributed by atoms with E-state index in [0.29, 0.717) is 28.4 Å². The van der Waals surface area contributed by atoms with Gasteiger partial charge in [-0.1, -0.05) is 39.8 Å². The van der Waals surface area contributed by atoms with Crippen LogP contribution in [0.2, 0.25) is 0 Å². The molecule has 2 aromatic rings. The second-order valence-electron chi connectivity index (χ2n) is 6.32. The number of carbonyl (C=O) groups is 1. The lowest BCUT2D eigenvalue weighted by atomic mass is 9.95. The Balaban J connectivity index is 0.00000176. The first-order valence-electron chi connectivity index (χ1n) is 9.44. The number of rotatable bonds is 6. The van der Waals surface area contributed by atoms with E-state index >= 15 is 0 Å². The third kappa shape index (κ3) is 5.91. The standard InChI is InChI=1S/C20H25N3O2.C2H6/c1-6-25-20(24)16-11-14(5)22-19(17(16)18(21)12(2)3)23-15-9-7-8-13(4)10-15;1-2/h7-12,21H,6H2,1-5H3,(H,22,23);1-2H3. The number of anilines is 2. The van der Waals surface area contributed by atoms with Crippen molar-refractivity contribution >= 4 is 23.2 Å². The molecule has 1 aromatic heterocycles. The molecule has 1 heterocycles. The molecule has 146 valence electrons. The molecule has 0 aliphatic heterocycles. The Labute approximate surface area is 162 Å². The van der Waals surface area contributed by atoms with E-state index in [1.165, 1.54) is 0 Å². The summed E-state index contributed by atoms with van der Waals surface area (Å²) in [5.74, 6) is 0.0313. The lowest BCUT2D eigenvalue weighted by Crippen LogP contribution is -2.19. The predicted octanol–water partition coefficient (Wildman–Crippen LogP) is 5.67. The number of pyridine rings is 1. The number of nitrogens with zero attached hydrogens (tertiary/aromatic N) is 1. The highest BCUT2D eigenvalue weighted by molar-refractivity contribution is 6.11. The van der Waals surface area contributed by atoms with Gasteiger partial charge in [0.15, 0.2) is 0 Å². The molecule has 0 bridgehead atoms. The Morgan fingerprint density at radius 3 is 2.44 bits per heavy atom. The van der Waals surface area contributed by atoms with Gasteiger partial charge in [0.05, 0.1) is 17.7 Å². The molecular weight excluding hydrogens is 338 g/mol. The molecule has 0 spiro atoms. The number of aromatic nitrogens is 1. The van der Waals surface area contributed by atoms with Crippen LogP contribution in [0.3, 0.4) is 0 Å². The van der Waals surface area contributed by atoms with Gasteiger partial charge < -0.3 is 15.5 Å². The molecule has 5 heteroatoms. The number of hydrogen-bond acceptors (Lipinski definition) is 5. The smallest absolute Gasteiger partial charge is 0.338 e. The van der Waals surface area contributed by atoms with Crippen LogP contribution in [0.5, 0.6) is 0 Å². The quantitative estimate of drug-likeness (QED) is 0.508. The Morgan fingerprint density at radius 1 is 1.22 bits per heavy atom. The van der Waals surface area contributed by atoms with Crippen molar-refractivity contribution in [3.05, 3.63) is 52.7 Å². The van der Waals surface area contributed by atoms with E-state index < -0.39 is 5.97 Å². The van der Waals surface area contributed by atoms with Gasteiger partial charge in [-0.05, 0) is 50.5 Å². The summed E-state index contributed by atoms with van der Waals surface area (Å²) in [4.78, 5) is 17.0. The summed E-state index contributed by atoms with van der Waals surface area (Å²) in [6.45, 7) is 13.7. The van der Waals surface area contributed by atoms with E-state index in [1.807, 2.05) is 65.8 Å². The molecule has 0 saturated heterocycles. The minimum atomic E-state index is -0.430. The molecule has 0 amide bonds. The van der Waals surface area contributed by atoms with Crippen molar-refractivity contribution in [3.8, 4) is 0 Å². The monoisotopic (exact) mass is 369 g/mol. The van der Waals surface area contributed by atoms with Gasteiger partial charge in [0, 0.05) is 17.1 Å².